The quantitative estimate of drug-likeness (QED) is 0.724. The molecule has 1 aliphatic carbocycles. The molecule has 0 unspecified atom stereocenters. The highest BCUT2D eigenvalue weighted by molar-refractivity contribution is 6.31. The van der Waals surface area contributed by atoms with Gasteiger partial charge in [-0.3, -0.25) is 10.1 Å². The summed E-state index contributed by atoms with van der Waals surface area (Å²) < 4.78 is 4.70. The molecule has 2 rings (SSSR count). The average molecular weight is 313 g/mol. The van der Waals surface area contributed by atoms with Gasteiger partial charge >= 0.3 is 12.0 Å². The van der Waals surface area contributed by atoms with Crippen molar-refractivity contribution in [3.8, 4) is 5.75 Å². The van der Waals surface area contributed by atoms with Crippen molar-refractivity contribution < 1.29 is 24.2 Å². The van der Waals surface area contributed by atoms with E-state index < -0.39 is 24.5 Å². The molecule has 0 spiro atoms. The van der Waals surface area contributed by atoms with Crippen molar-refractivity contribution in [2.75, 3.05) is 6.61 Å². The topological polar surface area (TPSA) is 105 Å². The largest absolute Gasteiger partial charge is 0.507 e. The standard InChI is InChI=1S/C13H13ClN2O5/c14-7-1-4-10(17)9(5-7)12(19)21-6-11(18)16-13(20)15-8-2-3-8/h1,4-5,8,17H,2-3,6H2,(H2,15,16,18,20). The highest BCUT2D eigenvalue weighted by Gasteiger charge is 2.24. The van der Waals surface area contributed by atoms with Gasteiger partial charge in [0.2, 0.25) is 0 Å². The Morgan fingerprint density at radius 3 is 2.71 bits per heavy atom. The molecule has 7 nitrogen and oxygen atoms in total. The molecule has 1 aromatic rings. The zero-order valence-electron chi connectivity index (χ0n) is 10.9. The Labute approximate surface area is 125 Å². The van der Waals surface area contributed by atoms with Crippen LogP contribution in [-0.2, 0) is 9.53 Å². The number of benzene rings is 1. The minimum Gasteiger partial charge on any atom is -0.507 e. The zero-order chi connectivity index (χ0) is 15.4. The molecule has 8 heteroatoms. The minimum absolute atomic E-state index is 0.115. The molecule has 0 aliphatic heterocycles. The van der Waals surface area contributed by atoms with E-state index in [9.17, 15) is 19.5 Å². The molecule has 3 amide bonds. The van der Waals surface area contributed by atoms with E-state index in [0.29, 0.717) is 0 Å². The molecule has 21 heavy (non-hydrogen) atoms. The number of rotatable bonds is 4. The van der Waals surface area contributed by atoms with E-state index in [1.54, 1.807) is 0 Å². The van der Waals surface area contributed by atoms with Gasteiger partial charge in [0.1, 0.15) is 11.3 Å². The van der Waals surface area contributed by atoms with Gasteiger partial charge in [0.15, 0.2) is 6.61 Å². The number of amides is 3. The average Bonchev–Trinajstić information content (AvgIpc) is 3.22. The molecular weight excluding hydrogens is 300 g/mol. The third-order valence-corrected chi connectivity index (χ3v) is 2.91. The SMILES string of the molecule is O=C(COC(=O)c1cc(Cl)ccc1O)NC(=O)NC1CC1. The molecule has 0 saturated heterocycles. The van der Waals surface area contributed by atoms with Gasteiger partial charge in [-0.15, -0.1) is 0 Å². The summed E-state index contributed by atoms with van der Waals surface area (Å²) in [6.07, 6.45) is 1.79. The maximum atomic E-state index is 11.7. The lowest BCUT2D eigenvalue weighted by Crippen LogP contribution is -2.42. The Kier molecular flexibility index (Phi) is 4.64. The van der Waals surface area contributed by atoms with Crippen LogP contribution in [0.5, 0.6) is 5.75 Å². The molecule has 1 aromatic carbocycles. The van der Waals surface area contributed by atoms with Crippen molar-refractivity contribution in [3.63, 3.8) is 0 Å². The lowest BCUT2D eigenvalue weighted by atomic mass is 10.2. The number of aromatic hydroxyl groups is 1. The molecule has 1 saturated carbocycles. The van der Waals surface area contributed by atoms with Crippen LogP contribution in [-0.4, -0.2) is 35.7 Å². The number of phenols is 1. The molecule has 0 atom stereocenters. The summed E-state index contributed by atoms with van der Waals surface area (Å²) >= 11 is 5.70. The first kappa shape index (κ1) is 15.1. The summed E-state index contributed by atoms with van der Waals surface area (Å²) in [5.41, 5.74) is -0.155. The van der Waals surface area contributed by atoms with Crippen molar-refractivity contribution >= 4 is 29.5 Å². The van der Waals surface area contributed by atoms with E-state index in [4.69, 9.17) is 16.3 Å². The van der Waals surface area contributed by atoms with E-state index in [1.165, 1.54) is 18.2 Å². The number of urea groups is 1. The summed E-state index contributed by atoms with van der Waals surface area (Å²) in [5.74, 6) is -1.98. The Morgan fingerprint density at radius 1 is 1.33 bits per heavy atom. The lowest BCUT2D eigenvalue weighted by molar-refractivity contribution is -0.123. The second-order valence-electron chi connectivity index (χ2n) is 4.53. The first-order valence-corrected chi connectivity index (χ1v) is 6.59. The second-order valence-corrected chi connectivity index (χ2v) is 4.97. The van der Waals surface area contributed by atoms with Crippen LogP contribution >= 0.6 is 11.6 Å². The Bertz CT molecular complexity index is 586. The van der Waals surface area contributed by atoms with E-state index in [1.807, 2.05) is 5.32 Å². The number of carbonyl (C=O) groups excluding carboxylic acids is 3. The lowest BCUT2D eigenvalue weighted by Gasteiger charge is -2.07. The van der Waals surface area contributed by atoms with Crippen molar-refractivity contribution in [2.24, 2.45) is 0 Å². The maximum Gasteiger partial charge on any atom is 0.342 e. The molecule has 1 aliphatic rings. The van der Waals surface area contributed by atoms with E-state index >= 15 is 0 Å². The van der Waals surface area contributed by atoms with Crippen molar-refractivity contribution in [1.82, 2.24) is 10.6 Å². The molecule has 0 aromatic heterocycles. The number of ether oxygens (including phenoxy) is 1. The molecule has 0 radical (unpaired) electrons. The van der Waals surface area contributed by atoms with Crippen LogP contribution < -0.4 is 10.6 Å². The van der Waals surface area contributed by atoms with E-state index in [2.05, 4.69) is 5.32 Å². The van der Waals surface area contributed by atoms with Gasteiger partial charge in [0.25, 0.3) is 5.91 Å². The van der Waals surface area contributed by atoms with Crippen LogP contribution in [0.4, 0.5) is 4.79 Å². The monoisotopic (exact) mass is 312 g/mol. The normalized spacial score (nSPS) is 13.4. The minimum atomic E-state index is -0.909. The van der Waals surface area contributed by atoms with E-state index in [0.717, 1.165) is 12.8 Å². The van der Waals surface area contributed by atoms with Crippen LogP contribution in [0.15, 0.2) is 18.2 Å². The van der Waals surface area contributed by atoms with Crippen molar-refractivity contribution in [3.05, 3.63) is 28.8 Å². The van der Waals surface area contributed by atoms with Gasteiger partial charge in [-0.2, -0.15) is 0 Å². The highest BCUT2D eigenvalue weighted by Crippen LogP contribution is 2.22. The van der Waals surface area contributed by atoms with E-state index in [-0.39, 0.29) is 22.4 Å². The summed E-state index contributed by atoms with van der Waals surface area (Å²) in [7, 11) is 0. The molecule has 0 bridgehead atoms. The molecule has 0 heterocycles. The summed E-state index contributed by atoms with van der Waals surface area (Å²) in [4.78, 5) is 34.4. The first-order chi connectivity index (χ1) is 9.95. The number of phenolic OH excluding ortho intramolecular Hbond substituents is 1. The fourth-order valence-electron chi connectivity index (χ4n) is 1.49. The molecule has 112 valence electrons. The van der Waals surface area contributed by atoms with Crippen molar-refractivity contribution in [2.45, 2.75) is 18.9 Å². The first-order valence-electron chi connectivity index (χ1n) is 6.21. The van der Waals surface area contributed by atoms with Crippen LogP contribution in [0, 0.1) is 0 Å². The van der Waals surface area contributed by atoms with Crippen molar-refractivity contribution in [1.29, 1.82) is 0 Å². The summed E-state index contributed by atoms with van der Waals surface area (Å²) in [5, 5.41) is 14.3. The maximum absolute atomic E-state index is 11.7. The third-order valence-electron chi connectivity index (χ3n) is 2.68. The summed E-state index contributed by atoms with van der Waals surface area (Å²) in [6, 6.07) is 3.36. The Morgan fingerprint density at radius 2 is 2.05 bits per heavy atom. The smallest absolute Gasteiger partial charge is 0.342 e. The fraction of sp³-hybridized carbons (Fsp3) is 0.308. The summed E-state index contributed by atoms with van der Waals surface area (Å²) in [6.45, 7) is -0.636. The van der Waals surface area contributed by atoms with Gasteiger partial charge in [-0.05, 0) is 31.0 Å². The Hall–Kier alpha value is -2.28. The van der Waals surface area contributed by atoms with Gasteiger partial charge < -0.3 is 15.2 Å². The second kappa shape index (κ2) is 6.45. The Balaban J connectivity index is 1.81. The van der Waals surface area contributed by atoms with Gasteiger partial charge in [-0.1, -0.05) is 11.6 Å². The molecule has 1 fully saturated rings. The number of halogens is 1. The number of carbonyl (C=O) groups is 3. The highest BCUT2D eigenvalue weighted by atomic mass is 35.5. The van der Waals surface area contributed by atoms with Crippen LogP contribution in [0.25, 0.3) is 0 Å². The van der Waals surface area contributed by atoms with Crippen LogP contribution in [0.3, 0.4) is 0 Å². The zero-order valence-corrected chi connectivity index (χ0v) is 11.6. The van der Waals surface area contributed by atoms with Gasteiger partial charge in [0, 0.05) is 11.1 Å². The third kappa shape index (κ3) is 4.64. The number of imide groups is 1. The predicted octanol–water partition coefficient (Wildman–Crippen LogP) is 1.19. The van der Waals surface area contributed by atoms with Crippen LogP contribution in [0.2, 0.25) is 5.02 Å². The predicted molar refractivity (Wildman–Crippen MR) is 73.1 cm³/mol. The number of esters is 1. The number of hydrogen-bond donors (Lipinski definition) is 3. The fourth-order valence-corrected chi connectivity index (χ4v) is 1.66. The number of hydrogen-bond acceptors (Lipinski definition) is 5. The van der Waals surface area contributed by atoms with Gasteiger partial charge in [0.05, 0.1) is 0 Å². The molecule has 3 N–H and O–H groups in total. The number of nitrogens with one attached hydrogen (secondary N) is 2. The van der Waals surface area contributed by atoms with Crippen LogP contribution in [0.1, 0.15) is 23.2 Å². The van der Waals surface area contributed by atoms with Gasteiger partial charge in [-0.25, -0.2) is 9.59 Å². The molecular formula is C13H13ClN2O5.